The molecule has 1 atom stereocenters. The molecule has 0 bridgehead atoms. The van der Waals surface area contributed by atoms with Crippen molar-refractivity contribution in [1.29, 1.82) is 0 Å². The lowest BCUT2D eigenvalue weighted by atomic mass is 10.1. The van der Waals surface area contributed by atoms with Gasteiger partial charge in [-0.25, -0.2) is 0 Å². The lowest BCUT2D eigenvalue weighted by Crippen LogP contribution is -2.51. The second-order valence-electron chi connectivity index (χ2n) is 5.58. The van der Waals surface area contributed by atoms with Crippen LogP contribution >= 0.6 is 24.8 Å². The maximum Gasteiger partial charge on any atom is 0.239 e. The molecule has 1 amide bonds. The minimum Gasteiger partial charge on any atom is -0.378 e. The maximum atomic E-state index is 12.1. The van der Waals surface area contributed by atoms with Crippen LogP contribution < -0.4 is 10.6 Å². The molecule has 1 aromatic rings. The van der Waals surface area contributed by atoms with Crippen LogP contribution in [0, 0.1) is 0 Å². The second-order valence-corrected chi connectivity index (χ2v) is 5.58. The third kappa shape index (κ3) is 7.36. The zero-order chi connectivity index (χ0) is 15.8. The van der Waals surface area contributed by atoms with E-state index in [2.05, 4.69) is 53.6 Å². The van der Waals surface area contributed by atoms with E-state index in [4.69, 9.17) is 4.74 Å². The van der Waals surface area contributed by atoms with Crippen LogP contribution in [0.15, 0.2) is 24.3 Å². The van der Waals surface area contributed by atoms with Crippen LogP contribution in [0.4, 0.5) is 0 Å². The predicted molar refractivity (Wildman–Crippen MR) is 102 cm³/mol. The number of amides is 1. The van der Waals surface area contributed by atoms with E-state index in [1.54, 1.807) is 0 Å². The summed E-state index contributed by atoms with van der Waals surface area (Å²) in [6.45, 7) is 9.81. The van der Waals surface area contributed by atoms with Gasteiger partial charge in [0.2, 0.25) is 5.91 Å². The molecule has 0 aliphatic carbocycles. The molecule has 0 saturated carbocycles. The average molecular weight is 378 g/mol. The largest absolute Gasteiger partial charge is 0.378 e. The van der Waals surface area contributed by atoms with Crippen molar-refractivity contribution in [2.75, 3.05) is 32.8 Å². The van der Waals surface area contributed by atoms with Crippen LogP contribution in [0.3, 0.4) is 0 Å². The summed E-state index contributed by atoms with van der Waals surface area (Å²) in [5.41, 5.74) is 2.42. The van der Waals surface area contributed by atoms with Crippen molar-refractivity contribution in [1.82, 2.24) is 15.5 Å². The number of morpholine rings is 1. The lowest BCUT2D eigenvalue weighted by molar-refractivity contribution is -0.126. The zero-order valence-corrected chi connectivity index (χ0v) is 16.0. The summed E-state index contributed by atoms with van der Waals surface area (Å²) in [7, 11) is 0. The quantitative estimate of drug-likeness (QED) is 0.762. The van der Waals surface area contributed by atoms with Gasteiger partial charge in [-0.1, -0.05) is 38.1 Å². The normalized spacial score (nSPS) is 16.9. The molecule has 1 heterocycles. The molecule has 1 fully saturated rings. The van der Waals surface area contributed by atoms with E-state index in [0.29, 0.717) is 19.8 Å². The van der Waals surface area contributed by atoms with Gasteiger partial charge >= 0.3 is 0 Å². The van der Waals surface area contributed by atoms with E-state index < -0.39 is 0 Å². The zero-order valence-electron chi connectivity index (χ0n) is 14.4. The van der Waals surface area contributed by atoms with Gasteiger partial charge in [0.15, 0.2) is 0 Å². The van der Waals surface area contributed by atoms with E-state index in [1.807, 2.05) is 0 Å². The Balaban J connectivity index is 0.00000264. The fourth-order valence-electron chi connectivity index (χ4n) is 2.59. The first kappa shape index (κ1) is 23.1. The number of carbonyl (C=O) groups is 1. The lowest BCUT2D eigenvalue weighted by Gasteiger charge is -2.23. The Hall–Kier alpha value is -0.850. The number of nitrogens with one attached hydrogen (secondary N) is 2. The van der Waals surface area contributed by atoms with Crippen molar-refractivity contribution in [3.63, 3.8) is 0 Å². The minimum absolute atomic E-state index is 0. The van der Waals surface area contributed by atoms with E-state index in [9.17, 15) is 4.79 Å². The number of hydrogen-bond acceptors (Lipinski definition) is 4. The fraction of sp³-hybridized carbons (Fsp3) is 0.588. The van der Waals surface area contributed by atoms with Crippen molar-refractivity contribution in [2.24, 2.45) is 0 Å². The highest BCUT2D eigenvalue weighted by atomic mass is 35.5. The summed E-state index contributed by atoms with van der Waals surface area (Å²) < 4.78 is 5.31. The third-order valence-electron chi connectivity index (χ3n) is 4.00. The van der Waals surface area contributed by atoms with Gasteiger partial charge in [0, 0.05) is 19.6 Å². The SMILES string of the molecule is CCN(CC)Cc1cccc(CNC(=O)C2COCCN2)c1.Cl.Cl. The maximum absolute atomic E-state index is 12.1. The van der Waals surface area contributed by atoms with Crippen molar-refractivity contribution in [3.05, 3.63) is 35.4 Å². The molecule has 1 unspecified atom stereocenters. The first-order chi connectivity index (χ1) is 10.7. The molecule has 0 aromatic heterocycles. The molecule has 24 heavy (non-hydrogen) atoms. The molecule has 1 saturated heterocycles. The van der Waals surface area contributed by atoms with Gasteiger partial charge in [0.1, 0.15) is 6.04 Å². The van der Waals surface area contributed by atoms with Crippen LogP contribution in [0.2, 0.25) is 0 Å². The van der Waals surface area contributed by atoms with Gasteiger partial charge in [-0.3, -0.25) is 9.69 Å². The Morgan fingerprint density at radius 3 is 2.62 bits per heavy atom. The highest BCUT2D eigenvalue weighted by molar-refractivity contribution is 5.85. The topological polar surface area (TPSA) is 53.6 Å². The number of hydrogen-bond donors (Lipinski definition) is 2. The molecule has 2 N–H and O–H groups in total. The van der Waals surface area contributed by atoms with Crippen molar-refractivity contribution >= 4 is 30.7 Å². The summed E-state index contributed by atoms with van der Waals surface area (Å²) in [5, 5.41) is 6.15. The molecule has 138 valence electrons. The Labute approximate surface area is 157 Å². The first-order valence-electron chi connectivity index (χ1n) is 8.12. The van der Waals surface area contributed by atoms with Crippen molar-refractivity contribution in [2.45, 2.75) is 33.0 Å². The van der Waals surface area contributed by atoms with Gasteiger partial charge in [-0.05, 0) is 24.2 Å². The number of carbonyl (C=O) groups excluding carboxylic acids is 1. The number of benzene rings is 1. The van der Waals surface area contributed by atoms with Crippen LogP contribution in [-0.4, -0.2) is 49.7 Å². The summed E-state index contributed by atoms with van der Waals surface area (Å²) in [4.78, 5) is 14.4. The fourth-order valence-corrected chi connectivity index (χ4v) is 2.59. The van der Waals surface area contributed by atoms with Gasteiger partial charge in [0.25, 0.3) is 0 Å². The molecule has 1 aromatic carbocycles. The molecule has 0 radical (unpaired) electrons. The van der Waals surface area contributed by atoms with Crippen LogP contribution in [0.1, 0.15) is 25.0 Å². The molecular weight excluding hydrogens is 349 g/mol. The minimum atomic E-state index is -0.229. The Morgan fingerprint density at radius 1 is 1.29 bits per heavy atom. The standard InChI is InChI=1S/C17H27N3O2.2ClH/c1-3-20(4-2)12-15-7-5-6-14(10-15)11-19-17(21)16-13-22-9-8-18-16;;/h5-7,10,16,18H,3-4,8-9,11-13H2,1-2H3,(H,19,21);2*1H. The number of rotatable bonds is 7. The van der Waals surface area contributed by atoms with E-state index in [-0.39, 0.29) is 36.8 Å². The first-order valence-corrected chi connectivity index (χ1v) is 8.12. The van der Waals surface area contributed by atoms with Crippen LogP contribution in [0.5, 0.6) is 0 Å². The van der Waals surface area contributed by atoms with Gasteiger partial charge in [0.05, 0.1) is 13.2 Å². The smallest absolute Gasteiger partial charge is 0.239 e. The molecule has 1 aliphatic heterocycles. The van der Waals surface area contributed by atoms with Gasteiger partial charge in [-0.2, -0.15) is 0 Å². The summed E-state index contributed by atoms with van der Waals surface area (Å²) in [6.07, 6.45) is 0. The number of halogens is 2. The Kier molecular flexibility index (Phi) is 12.1. The highest BCUT2D eigenvalue weighted by Crippen LogP contribution is 2.08. The Bertz CT molecular complexity index is 479. The summed E-state index contributed by atoms with van der Waals surface area (Å²) >= 11 is 0. The second kappa shape index (κ2) is 12.5. The molecular formula is C17H29Cl2N3O2. The summed E-state index contributed by atoms with van der Waals surface area (Å²) in [6, 6.07) is 8.19. The summed E-state index contributed by atoms with van der Waals surface area (Å²) in [5.74, 6) is 0.00819. The molecule has 0 spiro atoms. The van der Waals surface area contributed by atoms with Crippen LogP contribution in [-0.2, 0) is 22.6 Å². The van der Waals surface area contributed by atoms with Crippen molar-refractivity contribution < 1.29 is 9.53 Å². The molecule has 7 heteroatoms. The van der Waals surface area contributed by atoms with E-state index in [0.717, 1.165) is 31.7 Å². The highest BCUT2D eigenvalue weighted by Gasteiger charge is 2.20. The van der Waals surface area contributed by atoms with Gasteiger partial charge in [-0.15, -0.1) is 24.8 Å². The van der Waals surface area contributed by atoms with E-state index >= 15 is 0 Å². The van der Waals surface area contributed by atoms with E-state index in [1.165, 1.54) is 5.56 Å². The molecule has 2 rings (SSSR count). The van der Waals surface area contributed by atoms with Crippen LogP contribution in [0.25, 0.3) is 0 Å². The molecule has 1 aliphatic rings. The van der Waals surface area contributed by atoms with Crippen molar-refractivity contribution in [3.8, 4) is 0 Å². The monoisotopic (exact) mass is 377 g/mol. The molecule has 5 nitrogen and oxygen atoms in total. The predicted octanol–water partition coefficient (Wildman–Crippen LogP) is 1.98. The number of ether oxygens (including phenoxy) is 1. The Morgan fingerprint density at radius 2 is 2.00 bits per heavy atom. The number of nitrogens with zero attached hydrogens (tertiary/aromatic N) is 1. The third-order valence-corrected chi connectivity index (χ3v) is 4.00. The average Bonchev–Trinajstić information content (AvgIpc) is 2.58. The van der Waals surface area contributed by atoms with Gasteiger partial charge < -0.3 is 15.4 Å².